The van der Waals surface area contributed by atoms with E-state index in [0.29, 0.717) is 23.0 Å². The van der Waals surface area contributed by atoms with Crippen molar-refractivity contribution in [1.29, 1.82) is 0 Å². The van der Waals surface area contributed by atoms with Crippen molar-refractivity contribution >= 4 is 16.7 Å². The standard InChI is InChI=1S/C23H20O6/c1-12-20(14-9-18(26-2)22(28-4)19(10-14)27-3)21-16-11-15(24)7-5-13(16)6-8-17(21)29-23(12)25/h5-11,20,24H,1H2,2-4H3. The van der Waals surface area contributed by atoms with E-state index in [1.165, 1.54) is 21.3 Å². The van der Waals surface area contributed by atoms with Crippen LogP contribution in [0.4, 0.5) is 0 Å². The first kappa shape index (κ1) is 18.7. The summed E-state index contributed by atoms with van der Waals surface area (Å²) in [5, 5.41) is 11.7. The predicted molar refractivity (Wildman–Crippen MR) is 108 cm³/mol. The third kappa shape index (κ3) is 2.93. The Morgan fingerprint density at radius 3 is 2.24 bits per heavy atom. The molecule has 0 radical (unpaired) electrons. The van der Waals surface area contributed by atoms with Crippen LogP contribution in [0.5, 0.6) is 28.7 Å². The molecule has 148 valence electrons. The molecule has 1 N–H and O–H groups in total. The van der Waals surface area contributed by atoms with E-state index in [4.69, 9.17) is 18.9 Å². The SMILES string of the molecule is C=C1C(=O)Oc2ccc3ccc(O)cc3c2C1c1cc(OC)c(OC)c(OC)c1. The van der Waals surface area contributed by atoms with E-state index >= 15 is 0 Å². The minimum absolute atomic E-state index is 0.122. The van der Waals surface area contributed by atoms with Crippen LogP contribution in [0.15, 0.2) is 54.6 Å². The first-order valence-electron chi connectivity index (χ1n) is 8.95. The highest BCUT2D eigenvalue weighted by Crippen LogP contribution is 2.49. The van der Waals surface area contributed by atoms with E-state index in [2.05, 4.69) is 6.58 Å². The van der Waals surface area contributed by atoms with Crippen LogP contribution in [0.2, 0.25) is 0 Å². The van der Waals surface area contributed by atoms with Gasteiger partial charge in [0.2, 0.25) is 5.75 Å². The first-order chi connectivity index (χ1) is 14.0. The average molecular weight is 392 g/mol. The van der Waals surface area contributed by atoms with Gasteiger partial charge < -0.3 is 24.1 Å². The summed E-state index contributed by atoms with van der Waals surface area (Å²) in [7, 11) is 4.60. The summed E-state index contributed by atoms with van der Waals surface area (Å²) in [6, 6.07) is 12.3. The number of ether oxygens (including phenoxy) is 4. The molecule has 29 heavy (non-hydrogen) atoms. The predicted octanol–water partition coefficient (Wildman–Crippen LogP) is 4.18. The monoisotopic (exact) mass is 392 g/mol. The van der Waals surface area contributed by atoms with Crippen LogP contribution in [-0.2, 0) is 4.79 Å². The fourth-order valence-electron chi connectivity index (χ4n) is 3.79. The Balaban J connectivity index is 2.04. The molecule has 4 rings (SSSR count). The number of carbonyl (C=O) groups is 1. The number of methoxy groups -OCH3 is 3. The zero-order valence-corrected chi connectivity index (χ0v) is 16.3. The number of hydrogen-bond acceptors (Lipinski definition) is 6. The maximum atomic E-state index is 12.5. The van der Waals surface area contributed by atoms with Crippen LogP contribution >= 0.6 is 0 Å². The van der Waals surface area contributed by atoms with E-state index in [1.54, 1.807) is 30.3 Å². The highest BCUT2D eigenvalue weighted by Gasteiger charge is 2.35. The number of rotatable bonds is 4. The van der Waals surface area contributed by atoms with Crippen molar-refractivity contribution in [2.24, 2.45) is 0 Å². The average Bonchev–Trinajstić information content (AvgIpc) is 2.73. The maximum absolute atomic E-state index is 12.5. The van der Waals surface area contributed by atoms with E-state index in [9.17, 15) is 9.90 Å². The summed E-state index contributed by atoms with van der Waals surface area (Å²) in [5.41, 5.74) is 1.76. The second-order valence-corrected chi connectivity index (χ2v) is 6.69. The van der Waals surface area contributed by atoms with Crippen molar-refractivity contribution in [2.75, 3.05) is 21.3 Å². The lowest BCUT2D eigenvalue weighted by Crippen LogP contribution is -2.24. The van der Waals surface area contributed by atoms with Gasteiger partial charge in [0.15, 0.2) is 11.5 Å². The number of hydrogen-bond donors (Lipinski definition) is 1. The number of benzene rings is 3. The number of carbonyl (C=O) groups excluding carboxylic acids is 1. The molecular formula is C23H20O6. The summed E-state index contributed by atoms with van der Waals surface area (Å²) in [5.74, 6) is 0.938. The third-order valence-corrected chi connectivity index (χ3v) is 5.13. The molecule has 6 heteroatoms. The number of esters is 1. The van der Waals surface area contributed by atoms with Crippen molar-refractivity contribution in [2.45, 2.75) is 5.92 Å². The van der Waals surface area contributed by atoms with Crippen LogP contribution in [0.25, 0.3) is 10.8 Å². The Morgan fingerprint density at radius 2 is 1.62 bits per heavy atom. The highest BCUT2D eigenvalue weighted by molar-refractivity contribution is 6.00. The molecule has 0 aliphatic carbocycles. The van der Waals surface area contributed by atoms with Crippen LogP contribution in [0, 0.1) is 0 Å². The number of fused-ring (bicyclic) bond motifs is 3. The van der Waals surface area contributed by atoms with E-state index in [0.717, 1.165) is 21.9 Å². The van der Waals surface area contributed by atoms with Crippen molar-refractivity contribution in [3.8, 4) is 28.7 Å². The lowest BCUT2D eigenvalue weighted by Gasteiger charge is -2.29. The van der Waals surface area contributed by atoms with Gasteiger partial charge in [-0.15, -0.1) is 0 Å². The molecule has 0 fully saturated rings. The molecule has 0 saturated heterocycles. The molecule has 1 aliphatic heterocycles. The minimum atomic E-state index is -0.509. The van der Waals surface area contributed by atoms with Crippen LogP contribution in [-0.4, -0.2) is 32.4 Å². The van der Waals surface area contributed by atoms with Gasteiger partial charge in [-0.25, -0.2) is 4.79 Å². The quantitative estimate of drug-likeness (QED) is 0.408. The lowest BCUT2D eigenvalue weighted by molar-refractivity contribution is -0.131. The molecule has 0 aromatic heterocycles. The second kappa shape index (κ2) is 7.05. The zero-order chi connectivity index (χ0) is 20.7. The molecule has 3 aromatic rings. The van der Waals surface area contributed by atoms with Crippen molar-refractivity contribution < 1.29 is 28.8 Å². The largest absolute Gasteiger partial charge is 0.508 e. The van der Waals surface area contributed by atoms with Gasteiger partial charge in [0, 0.05) is 17.1 Å². The van der Waals surface area contributed by atoms with Crippen molar-refractivity contribution in [1.82, 2.24) is 0 Å². The Hall–Kier alpha value is -3.67. The van der Waals surface area contributed by atoms with E-state index in [1.807, 2.05) is 12.1 Å². The third-order valence-electron chi connectivity index (χ3n) is 5.13. The molecule has 0 bridgehead atoms. The summed E-state index contributed by atoms with van der Waals surface area (Å²) in [4.78, 5) is 12.5. The van der Waals surface area contributed by atoms with Gasteiger partial charge in [0.05, 0.1) is 21.3 Å². The fourth-order valence-corrected chi connectivity index (χ4v) is 3.79. The van der Waals surface area contributed by atoms with Gasteiger partial charge >= 0.3 is 5.97 Å². The topological polar surface area (TPSA) is 74.2 Å². The lowest BCUT2D eigenvalue weighted by atomic mass is 9.80. The van der Waals surface area contributed by atoms with Gasteiger partial charge in [-0.1, -0.05) is 18.7 Å². The van der Waals surface area contributed by atoms with Crippen LogP contribution in [0.3, 0.4) is 0 Å². The van der Waals surface area contributed by atoms with Crippen molar-refractivity contribution in [3.05, 3.63) is 65.7 Å². The normalized spacial score (nSPS) is 15.6. The molecule has 0 amide bonds. The number of phenols is 1. The van der Waals surface area contributed by atoms with Crippen molar-refractivity contribution in [3.63, 3.8) is 0 Å². The highest BCUT2D eigenvalue weighted by atomic mass is 16.5. The van der Waals surface area contributed by atoms with Crippen LogP contribution in [0.1, 0.15) is 17.0 Å². The number of phenolic OH excluding ortho intramolecular Hbond substituents is 1. The zero-order valence-electron chi connectivity index (χ0n) is 16.3. The smallest absolute Gasteiger partial charge is 0.339 e. The van der Waals surface area contributed by atoms with E-state index in [-0.39, 0.29) is 11.3 Å². The molecule has 1 unspecified atom stereocenters. The number of aromatic hydroxyl groups is 1. The molecular weight excluding hydrogens is 372 g/mol. The Morgan fingerprint density at radius 1 is 0.966 bits per heavy atom. The van der Waals surface area contributed by atoms with E-state index < -0.39 is 11.9 Å². The van der Waals surface area contributed by atoms with Gasteiger partial charge in [0.1, 0.15) is 11.5 Å². The van der Waals surface area contributed by atoms with Gasteiger partial charge in [-0.2, -0.15) is 0 Å². The summed E-state index contributed by atoms with van der Waals surface area (Å²) < 4.78 is 21.9. The Kier molecular flexibility index (Phi) is 4.54. The minimum Gasteiger partial charge on any atom is -0.508 e. The molecule has 6 nitrogen and oxygen atoms in total. The summed E-state index contributed by atoms with van der Waals surface area (Å²) in [6.07, 6.45) is 0. The fraction of sp³-hybridized carbons (Fsp3) is 0.174. The molecule has 1 atom stereocenters. The Bertz CT molecular complexity index is 1120. The summed E-state index contributed by atoms with van der Waals surface area (Å²) in [6.45, 7) is 3.98. The molecule has 1 heterocycles. The Labute approximate surface area is 167 Å². The second-order valence-electron chi connectivity index (χ2n) is 6.69. The first-order valence-corrected chi connectivity index (χ1v) is 8.95. The maximum Gasteiger partial charge on any atom is 0.339 e. The van der Waals surface area contributed by atoms with Gasteiger partial charge in [-0.3, -0.25) is 0 Å². The van der Waals surface area contributed by atoms with Crippen LogP contribution < -0.4 is 18.9 Å². The molecule has 0 saturated carbocycles. The molecule has 0 spiro atoms. The molecule has 3 aromatic carbocycles. The molecule has 1 aliphatic rings. The van der Waals surface area contributed by atoms with Gasteiger partial charge in [-0.05, 0) is 46.7 Å². The summed E-state index contributed by atoms with van der Waals surface area (Å²) >= 11 is 0. The van der Waals surface area contributed by atoms with Gasteiger partial charge in [0.25, 0.3) is 0 Å².